The van der Waals surface area contributed by atoms with Crippen LogP contribution in [-0.2, 0) is 19.1 Å². The summed E-state index contributed by atoms with van der Waals surface area (Å²) in [7, 11) is 1.23. The molecule has 0 aliphatic carbocycles. The van der Waals surface area contributed by atoms with Crippen molar-refractivity contribution in [1.82, 2.24) is 0 Å². The number of amides is 1. The van der Waals surface area contributed by atoms with Gasteiger partial charge in [-0.25, -0.2) is 4.79 Å². The van der Waals surface area contributed by atoms with E-state index in [1.807, 2.05) is 0 Å². The highest BCUT2D eigenvalue weighted by Crippen LogP contribution is 2.35. The molecule has 1 heterocycles. The van der Waals surface area contributed by atoms with Crippen molar-refractivity contribution in [2.24, 2.45) is 5.92 Å². The van der Waals surface area contributed by atoms with Crippen LogP contribution < -0.4 is 9.64 Å². The Hall–Kier alpha value is -2.57. The summed E-state index contributed by atoms with van der Waals surface area (Å²) in [5.74, 6) is -3.19. The summed E-state index contributed by atoms with van der Waals surface area (Å²) in [6, 6.07) is 5.77. The van der Waals surface area contributed by atoms with Gasteiger partial charge in [0.25, 0.3) is 0 Å². The average molecular weight is 363 g/mol. The number of nitrogens with zero attached hydrogens (tertiary/aromatic N) is 1. The molecule has 26 heavy (non-hydrogen) atoms. The van der Waals surface area contributed by atoms with Crippen molar-refractivity contribution in [2.45, 2.75) is 45.1 Å². The van der Waals surface area contributed by atoms with Gasteiger partial charge in [-0.15, -0.1) is 0 Å². The van der Waals surface area contributed by atoms with E-state index in [4.69, 9.17) is 9.47 Å². The lowest BCUT2D eigenvalue weighted by Crippen LogP contribution is -2.54. The van der Waals surface area contributed by atoms with E-state index in [1.54, 1.807) is 24.3 Å². The van der Waals surface area contributed by atoms with Gasteiger partial charge in [-0.2, -0.15) is 0 Å². The largest absolute Gasteiger partial charge is 0.489 e. The van der Waals surface area contributed by atoms with E-state index < -0.39 is 29.8 Å². The summed E-state index contributed by atoms with van der Waals surface area (Å²) >= 11 is 0. The first-order valence-electron chi connectivity index (χ1n) is 8.86. The van der Waals surface area contributed by atoms with Gasteiger partial charge in [0.1, 0.15) is 18.3 Å². The molecule has 2 unspecified atom stereocenters. The quantitative estimate of drug-likeness (QED) is 0.433. The van der Waals surface area contributed by atoms with E-state index in [9.17, 15) is 19.5 Å². The number of anilines is 1. The van der Waals surface area contributed by atoms with Crippen molar-refractivity contribution in [2.75, 3.05) is 18.6 Å². The molecule has 1 aliphatic heterocycles. The number of aliphatic carboxylic acids is 1. The minimum absolute atomic E-state index is 0.0718. The number of rotatable bonds is 8. The third-order valence-corrected chi connectivity index (χ3v) is 4.49. The van der Waals surface area contributed by atoms with Gasteiger partial charge < -0.3 is 14.6 Å². The monoisotopic (exact) mass is 363 g/mol. The summed E-state index contributed by atoms with van der Waals surface area (Å²) in [6.07, 6.45) is 3.76. The first-order valence-corrected chi connectivity index (χ1v) is 8.86. The molecule has 1 aromatic carbocycles. The summed E-state index contributed by atoms with van der Waals surface area (Å²) in [6.45, 7) is 1.99. The second-order valence-corrected chi connectivity index (χ2v) is 6.27. The highest BCUT2D eigenvalue weighted by molar-refractivity contribution is 6.09. The SMILES string of the molecule is CCCCCCC(C(=O)O)C(=O)N1c2ccccc2OCC1C(=O)OC. The van der Waals surface area contributed by atoms with Crippen LogP contribution in [0.4, 0.5) is 5.69 Å². The molecule has 1 aliphatic rings. The second kappa shape index (κ2) is 9.22. The molecule has 0 spiro atoms. The molecule has 142 valence electrons. The molecule has 2 atom stereocenters. The third-order valence-electron chi connectivity index (χ3n) is 4.49. The van der Waals surface area contributed by atoms with Crippen molar-refractivity contribution >= 4 is 23.5 Å². The Balaban J connectivity index is 2.30. The number of fused-ring (bicyclic) bond motifs is 1. The lowest BCUT2D eigenvalue weighted by molar-refractivity contribution is -0.150. The number of carbonyl (C=O) groups excluding carboxylic acids is 2. The fraction of sp³-hybridized carbons (Fsp3) is 0.526. The Labute approximate surface area is 152 Å². The topological polar surface area (TPSA) is 93.1 Å². The van der Waals surface area contributed by atoms with Gasteiger partial charge in [-0.3, -0.25) is 14.5 Å². The predicted octanol–water partition coefficient (Wildman–Crippen LogP) is 2.62. The first-order chi connectivity index (χ1) is 12.5. The summed E-state index contributed by atoms with van der Waals surface area (Å²) in [4.78, 5) is 38.2. The smallest absolute Gasteiger partial charge is 0.332 e. The lowest BCUT2D eigenvalue weighted by atomic mass is 9.97. The standard InChI is InChI=1S/C19H25NO6/c1-3-4-5-6-9-13(18(22)23)17(21)20-14-10-7-8-11-16(14)26-12-15(20)19(24)25-2/h7-8,10-11,13,15H,3-6,9,12H2,1-2H3,(H,22,23). The molecule has 1 amide bonds. The molecular weight excluding hydrogens is 338 g/mol. The average Bonchev–Trinajstić information content (AvgIpc) is 2.65. The van der Waals surface area contributed by atoms with Crippen LogP contribution in [0, 0.1) is 5.92 Å². The molecule has 0 saturated heterocycles. The number of hydrogen-bond acceptors (Lipinski definition) is 5. The van der Waals surface area contributed by atoms with Gasteiger partial charge in [0.2, 0.25) is 5.91 Å². The molecular formula is C19H25NO6. The maximum Gasteiger partial charge on any atom is 0.332 e. The second-order valence-electron chi connectivity index (χ2n) is 6.27. The van der Waals surface area contributed by atoms with Crippen molar-refractivity contribution in [3.05, 3.63) is 24.3 Å². The lowest BCUT2D eigenvalue weighted by Gasteiger charge is -2.36. The number of carboxylic acids is 1. The molecule has 7 nitrogen and oxygen atoms in total. The van der Waals surface area contributed by atoms with Crippen molar-refractivity contribution in [1.29, 1.82) is 0 Å². The Morgan fingerprint density at radius 1 is 1.27 bits per heavy atom. The normalized spacial score (nSPS) is 17.0. The minimum atomic E-state index is -1.20. The molecule has 0 fully saturated rings. The van der Waals surface area contributed by atoms with Crippen LogP contribution in [0.1, 0.15) is 39.0 Å². The van der Waals surface area contributed by atoms with E-state index in [1.165, 1.54) is 12.0 Å². The number of methoxy groups -OCH3 is 1. The third kappa shape index (κ3) is 4.33. The zero-order valence-electron chi connectivity index (χ0n) is 15.1. The molecule has 1 N–H and O–H groups in total. The number of carboxylic acid groups (broad SMARTS) is 1. The van der Waals surface area contributed by atoms with Gasteiger partial charge in [0, 0.05) is 0 Å². The Bertz CT molecular complexity index is 659. The van der Waals surface area contributed by atoms with E-state index >= 15 is 0 Å². The number of unbranched alkanes of at least 4 members (excludes halogenated alkanes) is 3. The predicted molar refractivity (Wildman–Crippen MR) is 95.1 cm³/mol. The summed E-state index contributed by atoms with van der Waals surface area (Å²) in [5, 5.41) is 9.57. The summed E-state index contributed by atoms with van der Waals surface area (Å²) < 4.78 is 10.3. The molecule has 0 radical (unpaired) electrons. The van der Waals surface area contributed by atoms with Crippen molar-refractivity contribution in [3.8, 4) is 5.75 Å². The van der Waals surface area contributed by atoms with Gasteiger partial charge in [-0.05, 0) is 18.6 Å². The van der Waals surface area contributed by atoms with Gasteiger partial charge in [-0.1, -0.05) is 44.7 Å². The molecule has 1 aromatic rings. The highest BCUT2D eigenvalue weighted by atomic mass is 16.5. The molecule has 0 bridgehead atoms. The fourth-order valence-electron chi connectivity index (χ4n) is 3.07. The van der Waals surface area contributed by atoms with Crippen molar-refractivity contribution < 1.29 is 29.0 Å². The minimum Gasteiger partial charge on any atom is -0.489 e. The van der Waals surface area contributed by atoms with Crippen LogP contribution in [0.15, 0.2) is 24.3 Å². The number of ether oxygens (including phenoxy) is 2. The van der Waals surface area contributed by atoms with E-state index in [0.29, 0.717) is 17.9 Å². The molecule has 7 heteroatoms. The van der Waals surface area contributed by atoms with E-state index in [-0.39, 0.29) is 13.0 Å². The highest BCUT2D eigenvalue weighted by Gasteiger charge is 2.42. The Kier molecular flexibility index (Phi) is 7.00. The number of carbonyl (C=O) groups is 3. The van der Waals surface area contributed by atoms with Crippen LogP contribution in [0.25, 0.3) is 0 Å². The maximum absolute atomic E-state index is 13.1. The van der Waals surface area contributed by atoms with E-state index in [0.717, 1.165) is 19.3 Å². The zero-order chi connectivity index (χ0) is 19.1. The van der Waals surface area contributed by atoms with Crippen LogP contribution in [0.3, 0.4) is 0 Å². The van der Waals surface area contributed by atoms with Gasteiger partial charge in [0.05, 0.1) is 12.8 Å². The molecule has 0 saturated carbocycles. The number of esters is 1. The first kappa shape index (κ1) is 19.8. The van der Waals surface area contributed by atoms with Crippen molar-refractivity contribution in [3.63, 3.8) is 0 Å². The van der Waals surface area contributed by atoms with Crippen LogP contribution in [-0.4, -0.2) is 42.7 Å². The molecule has 2 rings (SSSR count). The number of benzene rings is 1. The van der Waals surface area contributed by atoms with Crippen LogP contribution in [0.2, 0.25) is 0 Å². The fourth-order valence-corrected chi connectivity index (χ4v) is 3.07. The zero-order valence-corrected chi connectivity index (χ0v) is 15.1. The molecule has 0 aromatic heterocycles. The van der Waals surface area contributed by atoms with E-state index in [2.05, 4.69) is 6.92 Å². The van der Waals surface area contributed by atoms with Crippen LogP contribution in [0.5, 0.6) is 5.75 Å². The van der Waals surface area contributed by atoms with Gasteiger partial charge in [0.15, 0.2) is 6.04 Å². The van der Waals surface area contributed by atoms with Gasteiger partial charge >= 0.3 is 11.9 Å². The number of hydrogen-bond donors (Lipinski definition) is 1. The summed E-state index contributed by atoms with van der Waals surface area (Å²) in [5.41, 5.74) is 0.388. The number of para-hydroxylation sites is 2. The Morgan fingerprint density at radius 3 is 2.65 bits per heavy atom. The maximum atomic E-state index is 13.1. The van der Waals surface area contributed by atoms with Crippen LogP contribution >= 0.6 is 0 Å². The Morgan fingerprint density at radius 2 is 2.00 bits per heavy atom.